The average Bonchev–Trinajstić information content (AvgIpc) is 3.75. The van der Waals surface area contributed by atoms with E-state index in [0.29, 0.717) is 50.1 Å². The summed E-state index contributed by atoms with van der Waals surface area (Å²) in [6, 6.07) is 15.5. The van der Waals surface area contributed by atoms with E-state index in [2.05, 4.69) is 22.1 Å². The van der Waals surface area contributed by atoms with Gasteiger partial charge in [-0.1, -0.05) is 72.3 Å². The molecule has 4 heterocycles. The van der Waals surface area contributed by atoms with Gasteiger partial charge < -0.3 is 19.0 Å². The molecule has 242 valence electrons. The molecule has 5 aromatic rings. The second-order valence-electron chi connectivity index (χ2n) is 11.0. The SMILES string of the molecule is CCCCOc1ccc(C2/C(=C(\O)c3nc4c(C)cccn4c3C)C(=O)C(=O)N2c2nnc(SCc3ccc(Cl)cc3)s2)cc1OC. The fourth-order valence-electron chi connectivity index (χ4n) is 5.40. The number of Topliss-reactive ketones (excluding diaryl/α,β-unsaturated/α-hetero) is 1. The molecule has 1 amide bonds. The number of aryl methyl sites for hydroxylation is 2. The largest absolute Gasteiger partial charge is 0.505 e. The van der Waals surface area contributed by atoms with E-state index >= 15 is 0 Å². The zero-order valence-electron chi connectivity index (χ0n) is 26.2. The summed E-state index contributed by atoms with van der Waals surface area (Å²) in [6.07, 6.45) is 3.68. The van der Waals surface area contributed by atoms with Crippen molar-refractivity contribution in [1.29, 1.82) is 0 Å². The first-order valence-electron chi connectivity index (χ1n) is 15.0. The molecule has 2 aromatic carbocycles. The molecule has 13 heteroatoms. The topological polar surface area (TPSA) is 119 Å². The molecule has 10 nitrogen and oxygen atoms in total. The molecular weight excluding hydrogens is 658 g/mol. The Labute approximate surface area is 285 Å². The molecule has 0 bridgehead atoms. The number of hydrogen-bond acceptors (Lipinski definition) is 10. The number of benzene rings is 2. The molecule has 0 aliphatic carbocycles. The Morgan fingerprint density at radius 3 is 2.60 bits per heavy atom. The Hall–Kier alpha value is -4.39. The quantitative estimate of drug-likeness (QED) is 0.0374. The Balaban J connectivity index is 1.44. The van der Waals surface area contributed by atoms with Crippen molar-refractivity contribution in [3.8, 4) is 11.5 Å². The highest BCUT2D eigenvalue weighted by Crippen LogP contribution is 2.46. The van der Waals surface area contributed by atoms with Crippen molar-refractivity contribution < 1.29 is 24.2 Å². The summed E-state index contributed by atoms with van der Waals surface area (Å²) in [7, 11) is 1.53. The van der Waals surface area contributed by atoms with Crippen LogP contribution in [0.2, 0.25) is 5.02 Å². The summed E-state index contributed by atoms with van der Waals surface area (Å²) in [4.78, 5) is 33.7. The number of imidazole rings is 1. The van der Waals surface area contributed by atoms with Gasteiger partial charge in [-0.25, -0.2) is 4.98 Å². The second kappa shape index (κ2) is 13.8. The highest BCUT2D eigenvalue weighted by atomic mass is 35.5. The number of ketones is 1. The van der Waals surface area contributed by atoms with Crippen LogP contribution in [0, 0.1) is 13.8 Å². The maximum atomic E-state index is 13.9. The molecule has 3 aromatic heterocycles. The molecular formula is C34H32ClN5O5S2. The standard InChI is InChI=1S/C34H32ClN5O5S2/c1-5-6-16-45-24-14-11-22(17-25(24)44-4)28-26(29(41)27-20(3)39-15-7-8-19(2)31(39)36-27)30(42)32(43)40(28)33-37-38-34(47-33)46-18-21-9-12-23(35)13-10-21/h7-15,17,28,41H,5-6,16,18H2,1-4H3/b29-26+. The number of halogens is 1. The number of anilines is 1. The summed E-state index contributed by atoms with van der Waals surface area (Å²) in [5, 5.41) is 21.4. The van der Waals surface area contributed by atoms with Gasteiger partial charge in [-0.05, 0) is 67.3 Å². The number of carbonyl (C=O) groups is 2. The van der Waals surface area contributed by atoms with Gasteiger partial charge in [0.2, 0.25) is 5.13 Å². The number of methoxy groups -OCH3 is 1. The third-order valence-corrected chi connectivity index (χ3v) is 10.3. The van der Waals surface area contributed by atoms with Crippen LogP contribution in [0.4, 0.5) is 5.13 Å². The Morgan fingerprint density at radius 2 is 1.87 bits per heavy atom. The third-order valence-electron chi connectivity index (χ3n) is 7.89. The molecule has 1 fully saturated rings. The van der Waals surface area contributed by atoms with E-state index in [0.717, 1.165) is 24.0 Å². The number of ether oxygens (including phenoxy) is 2. The Morgan fingerprint density at radius 1 is 1.09 bits per heavy atom. The highest BCUT2D eigenvalue weighted by Gasteiger charge is 2.49. The Bertz CT molecular complexity index is 2010. The number of aliphatic hydroxyl groups is 1. The van der Waals surface area contributed by atoms with E-state index in [-0.39, 0.29) is 22.2 Å². The van der Waals surface area contributed by atoms with E-state index in [1.54, 1.807) is 25.1 Å². The van der Waals surface area contributed by atoms with Gasteiger partial charge in [0.05, 0.1) is 31.0 Å². The maximum absolute atomic E-state index is 13.9. The minimum atomic E-state index is -1.04. The third kappa shape index (κ3) is 6.32. The Kier molecular flexibility index (Phi) is 9.53. The van der Waals surface area contributed by atoms with Crippen LogP contribution >= 0.6 is 34.7 Å². The lowest BCUT2D eigenvalue weighted by Gasteiger charge is -2.23. The number of carbonyl (C=O) groups excluding carboxylic acids is 2. The molecule has 47 heavy (non-hydrogen) atoms. The van der Waals surface area contributed by atoms with Crippen LogP contribution in [-0.4, -0.2) is 50.1 Å². The number of unbranched alkanes of at least 4 members (excludes halogenated alkanes) is 1. The van der Waals surface area contributed by atoms with Crippen molar-refractivity contribution in [1.82, 2.24) is 19.6 Å². The lowest BCUT2D eigenvalue weighted by molar-refractivity contribution is -0.132. The number of rotatable bonds is 11. The van der Waals surface area contributed by atoms with E-state index in [1.807, 2.05) is 53.9 Å². The first kappa shape index (κ1) is 32.5. The normalized spacial score (nSPS) is 15.9. The fourth-order valence-corrected chi connectivity index (χ4v) is 7.35. The molecule has 1 unspecified atom stereocenters. The van der Waals surface area contributed by atoms with E-state index in [4.69, 9.17) is 21.1 Å². The van der Waals surface area contributed by atoms with Crippen molar-refractivity contribution in [3.63, 3.8) is 0 Å². The molecule has 1 saturated heterocycles. The number of thioether (sulfide) groups is 1. The van der Waals surface area contributed by atoms with Gasteiger partial charge in [0.1, 0.15) is 11.3 Å². The fraction of sp³-hybridized carbons (Fsp3) is 0.265. The van der Waals surface area contributed by atoms with Crippen LogP contribution in [-0.2, 0) is 15.3 Å². The molecule has 0 spiro atoms. The van der Waals surface area contributed by atoms with Crippen molar-refractivity contribution in [2.75, 3.05) is 18.6 Å². The predicted molar refractivity (Wildman–Crippen MR) is 184 cm³/mol. The number of fused-ring (bicyclic) bond motifs is 1. The van der Waals surface area contributed by atoms with E-state index in [1.165, 1.54) is 35.1 Å². The van der Waals surface area contributed by atoms with Crippen LogP contribution in [0.25, 0.3) is 11.4 Å². The maximum Gasteiger partial charge on any atom is 0.301 e. The van der Waals surface area contributed by atoms with Crippen LogP contribution in [0.3, 0.4) is 0 Å². The molecule has 1 N–H and O–H groups in total. The van der Waals surface area contributed by atoms with Crippen molar-refractivity contribution in [3.05, 3.63) is 99.5 Å². The summed E-state index contributed by atoms with van der Waals surface area (Å²) < 4.78 is 14.1. The highest BCUT2D eigenvalue weighted by molar-refractivity contribution is 8.00. The average molecular weight is 690 g/mol. The van der Waals surface area contributed by atoms with Crippen LogP contribution in [0.1, 0.15) is 53.9 Å². The molecule has 6 rings (SSSR count). The van der Waals surface area contributed by atoms with Crippen molar-refractivity contribution in [2.24, 2.45) is 0 Å². The van der Waals surface area contributed by atoms with Gasteiger partial charge in [-0.3, -0.25) is 14.5 Å². The van der Waals surface area contributed by atoms with Gasteiger partial charge in [0.15, 0.2) is 21.6 Å². The summed E-state index contributed by atoms with van der Waals surface area (Å²) in [5.74, 6) is -0.488. The first-order chi connectivity index (χ1) is 22.7. The number of hydrogen-bond donors (Lipinski definition) is 1. The number of pyridine rings is 1. The summed E-state index contributed by atoms with van der Waals surface area (Å²) >= 11 is 8.67. The molecule has 0 radical (unpaired) electrons. The molecule has 1 aliphatic rings. The van der Waals surface area contributed by atoms with Gasteiger partial charge in [-0.15, -0.1) is 10.2 Å². The zero-order chi connectivity index (χ0) is 33.2. The van der Waals surface area contributed by atoms with Crippen LogP contribution in [0.5, 0.6) is 11.5 Å². The number of aliphatic hydroxyl groups excluding tert-OH is 1. The number of nitrogens with zero attached hydrogens (tertiary/aromatic N) is 5. The minimum Gasteiger partial charge on any atom is -0.505 e. The number of amides is 1. The van der Waals surface area contributed by atoms with Crippen LogP contribution in [0.15, 0.2) is 70.7 Å². The minimum absolute atomic E-state index is 0.105. The van der Waals surface area contributed by atoms with Gasteiger partial charge in [0, 0.05) is 17.0 Å². The number of aromatic nitrogens is 4. The van der Waals surface area contributed by atoms with Gasteiger partial charge in [0.25, 0.3) is 5.78 Å². The second-order valence-corrected chi connectivity index (χ2v) is 13.6. The summed E-state index contributed by atoms with van der Waals surface area (Å²) in [6.45, 7) is 6.31. The van der Waals surface area contributed by atoms with E-state index < -0.39 is 17.7 Å². The first-order valence-corrected chi connectivity index (χ1v) is 17.2. The smallest absolute Gasteiger partial charge is 0.301 e. The van der Waals surface area contributed by atoms with E-state index in [9.17, 15) is 14.7 Å². The summed E-state index contributed by atoms with van der Waals surface area (Å²) in [5.41, 5.74) is 3.83. The lowest BCUT2D eigenvalue weighted by atomic mass is 9.96. The molecule has 0 saturated carbocycles. The van der Waals surface area contributed by atoms with Gasteiger partial charge in [-0.2, -0.15) is 0 Å². The van der Waals surface area contributed by atoms with Gasteiger partial charge >= 0.3 is 5.91 Å². The van der Waals surface area contributed by atoms with Crippen molar-refractivity contribution in [2.45, 2.75) is 49.7 Å². The molecule has 1 aliphatic heterocycles. The molecule has 1 atom stereocenters. The van der Waals surface area contributed by atoms with Crippen molar-refractivity contribution >= 4 is 62.9 Å². The zero-order valence-corrected chi connectivity index (χ0v) is 28.6. The van der Waals surface area contributed by atoms with Crippen LogP contribution < -0.4 is 14.4 Å². The predicted octanol–water partition coefficient (Wildman–Crippen LogP) is 7.56. The lowest BCUT2D eigenvalue weighted by Crippen LogP contribution is -2.29. The monoisotopic (exact) mass is 689 g/mol.